The molecule has 0 bridgehead atoms. The van der Waals surface area contributed by atoms with Gasteiger partial charge in [0, 0.05) is 9.50 Å². The summed E-state index contributed by atoms with van der Waals surface area (Å²) in [7, 11) is 0. The Hall–Kier alpha value is -0.0500. The minimum atomic E-state index is -0.501. The normalized spacial score (nSPS) is 12.5. The number of alkyl halides is 1. The number of carbonyl (C=O) groups excluding carboxylic acids is 1. The van der Waals surface area contributed by atoms with Gasteiger partial charge in [0.15, 0.2) is 0 Å². The summed E-state index contributed by atoms with van der Waals surface area (Å²) >= 11 is 14.9. The van der Waals surface area contributed by atoms with Crippen molar-refractivity contribution < 1.29 is 4.79 Å². The zero-order valence-corrected chi connectivity index (χ0v) is 9.73. The summed E-state index contributed by atoms with van der Waals surface area (Å²) in [6.07, 6.45) is 1.18. The van der Waals surface area contributed by atoms with Gasteiger partial charge < -0.3 is 4.79 Å². The minimum absolute atomic E-state index is 0.469. The molecule has 70 valence electrons. The van der Waals surface area contributed by atoms with Gasteiger partial charge in [-0.1, -0.05) is 33.6 Å². The van der Waals surface area contributed by atoms with Gasteiger partial charge in [0.1, 0.15) is 6.29 Å². The van der Waals surface area contributed by atoms with Crippen LogP contribution in [0, 0.1) is 0 Å². The number of benzene rings is 1. The second-order valence-electron chi connectivity index (χ2n) is 2.59. The highest BCUT2D eigenvalue weighted by Gasteiger charge is 2.07. The molecule has 1 rings (SSSR count). The Bertz CT molecular complexity index is 314. The lowest BCUT2D eigenvalue weighted by Gasteiger charge is -2.04. The Morgan fingerprint density at radius 1 is 1.54 bits per heavy atom. The molecule has 0 heterocycles. The molecule has 0 aliphatic carbocycles. The SMILES string of the molecule is O=CC(Cl)Cc1ccc(Br)cc1Cl. The van der Waals surface area contributed by atoms with Crippen LogP contribution in [0.4, 0.5) is 0 Å². The maximum atomic E-state index is 10.3. The molecule has 0 aliphatic heterocycles. The van der Waals surface area contributed by atoms with E-state index in [1.807, 2.05) is 12.1 Å². The summed E-state index contributed by atoms with van der Waals surface area (Å²) in [5.74, 6) is 0. The van der Waals surface area contributed by atoms with E-state index in [-0.39, 0.29) is 0 Å². The first-order valence-electron chi connectivity index (χ1n) is 3.67. The van der Waals surface area contributed by atoms with Crippen LogP contribution in [0.5, 0.6) is 0 Å². The summed E-state index contributed by atoms with van der Waals surface area (Å²) < 4.78 is 0.915. The maximum Gasteiger partial charge on any atom is 0.138 e. The second-order valence-corrected chi connectivity index (χ2v) is 4.48. The van der Waals surface area contributed by atoms with Crippen LogP contribution in [0.3, 0.4) is 0 Å². The Labute approximate surface area is 95.2 Å². The fourth-order valence-corrected chi connectivity index (χ4v) is 1.86. The third-order valence-electron chi connectivity index (χ3n) is 1.58. The zero-order chi connectivity index (χ0) is 9.84. The highest BCUT2D eigenvalue weighted by molar-refractivity contribution is 9.10. The maximum absolute atomic E-state index is 10.3. The molecule has 1 unspecified atom stereocenters. The fourth-order valence-electron chi connectivity index (χ4n) is 0.945. The first kappa shape index (κ1) is 11.0. The number of hydrogen-bond acceptors (Lipinski definition) is 1. The molecular weight excluding hydrogens is 275 g/mol. The van der Waals surface area contributed by atoms with E-state index in [2.05, 4.69) is 15.9 Å². The Balaban J connectivity index is 2.83. The van der Waals surface area contributed by atoms with Crippen molar-refractivity contribution in [2.75, 3.05) is 0 Å². The molecule has 1 aromatic rings. The molecule has 0 saturated heterocycles. The van der Waals surface area contributed by atoms with Crippen LogP contribution in [0.1, 0.15) is 5.56 Å². The van der Waals surface area contributed by atoms with Crippen LogP contribution in [-0.2, 0) is 11.2 Å². The average molecular weight is 282 g/mol. The van der Waals surface area contributed by atoms with Crippen LogP contribution in [0.25, 0.3) is 0 Å². The first-order valence-corrected chi connectivity index (χ1v) is 5.27. The highest BCUT2D eigenvalue weighted by atomic mass is 79.9. The predicted molar refractivity (Wildman–Crippen MR) is 58.6 cm³/mol. The number of carbonyl (C=O) groups is 1. The molecule has 1 nitrogen and oxygen atoms in total. The Morgan fingerprint density at radius 2 is 2.23 bits per heavy atom. The third-order valence-corrected chi connectivity index (χ3v) is 2.68. The minimum Gasteiger partial charge on any atom is -0.302 e. The lowest BCUT2D eigenvalue weighted by molar-refractivity contribution is -0.107. The number of hydrogen-bond donors (Lipinski definition) is 0. The van der Waals surface area contributed by atoms with Gasteiger partial charge in [0.2, 0.25) is 0 Å². The van der Waals surface area contributed by atoms with Crippen LogP contribution in [0.15, 0.2) is 22.7 Å². The monoisotopic (exact) mass is 280 g/mol. The van der Waals surface area contributed by atoms with Crippen molar-refractivity contribution in [3.63, 3.8) is 0 Å². The molecule has 0 fully saturated rings. The molecule has 4 heteroatoms. The van der Waals surface area contributed by atoms with Gasteiger partial charge in [-0.2, -0.15) is 0 Å². The van der Waals surface area contributed by atoms with E-state index >= 15 is 0 Å². The van der Waals surface area contributed by atoms with Crippen LogP contribution < -0.4 is 0 Å². The van der Waals surface area contributed by atoms with E-state index in [0.29, 0.717) is 17.7 Å². The quantitative estimate of drug-likeness (QED) is 0.613. The second kappa shape index (κ2) is 4.99. The lowest BCUT2D eigenvalue weighted by atomic mass is 10.1. The van der Waals surface area contributed by atoms with Crippen molar-refractivity contribution in [2.24, 2.45) is 0 Å². The van der Waals surface area contributed by atoms with Gasteiger partial charge in [0.25, 0.3) is 0 Å². The zero-order valence-electron chi connectivity index (χ0n) is 6.64. The van der Waals surface area contributed by atoms with Crippen LogP contribution in [-0.4, -0.2) is 11.7 Å². The molecule has 1 atom stereocenters. The molecule has 0 saturated carbocycles. The Kier molecular flexibility index (Phi) is 4.23. The largest absolute Gasteiger partial charge is 0.302 e. The third kappa shape index (κ3) is 3.29. The Morgan fingerprint density at radius 3 is 2.77 bits per heavy atom. The fraction of sp³-hybridized carbons (Fsp3) is 0.222. The number of aldehydes is 1. The van der Waals surface area contributed by atoms with Gasteiger partial charge >= 0.3 is 0 Å². The summed E-state index contributed by atoms with van der Waals surface area (Å²) in [4.78, 5) is 10.3. The van der Waals surface area contributed by atoms with Crippen LogP contribution >= 0.6 is 39.1 Å². The molecule has 0 spiro atoms. The molecule has 0 N–H and O–H groups in total. The van der Waals surface area contributed by atoms with Gasteiger partial charge in [-0.3, -0.25) is 0 Å². The predicted octanol–water partition coefficient (Wildman–Crippen LogP) is 3.45. The van der Waals surface area contributed by atoms with Gasteiger partial charge in [-0.15, -0.1) is 11.6 Å². The van der Waals surface area contributed by atoms with Crippen molar-refractivity contribution in [1.29, 1.82) is 0 Å². The van der Waals surface area contributed by atoms with Crippen molar-refractivity contribution in [3.8, 4) is 0 Å². The van der Waals surface area contributed by atoms with E-state index in [1.54, 1.807) is 6.07 Å². The van der Waals surface area contributed by atoms with Gasteiger partial charge in [-0.25, -0.2) is 0 Å². The molecule has 13 heavy (non-hydrogen) atoms. The summed E-state index contributed by atoms with van der Waals surface area (Å²) in [6.45, 7) is 0. The number of rotatable bonds is 3. The van der Waals surface area contributed by atoms with Crippen LogP contribution in [0.2, 0.25) is 5.02 Å². The molecule has 0 radical (unpaired) electrons. The topological polar surface area (TPSA) is 17.1 Å². The molecular formula is C9H7BrCl2O. The smallest absolute Gasteiger partial charge is 0.138 e. The van der Waals surface area contributed by atoms with Crippen molar-refractivity contribution in [2.45, 2.75) is 11.8 Å². The van der Waals surface area contributed by atoms with E-state index in [4.69, 9.17) is 23.2 Å². The van der Waals surface area contributed by atoms with Crippen molar-refractivity contribution >= 4 is 45.4 Å². The van der Waals surface area contributed by atoms with E-state index in [9.17, 15) is 4.79 Å². The van der Waals surface area contributed by atoms with Crippen molar-refractivity contribution in [3.05, 3.63) is 33.3 Å². The average Bonchev–Trinajstić information content (AvgIpc) is 2.09. The standard InChI is InChI=1S/C9H7BrCl2O/c10-7-2-1-6(9(12)4-7)3-8(11)5-13/h1-2,4-5,8H,3H2. The summed E-state index contributed by atoms with van der Waals surface area (Å²) in [5, 5.41) is 0.126. The van der Waals surface area contributed by atoms with Gasteiger partial charge in [0.05, 0.1) is 5.38 Å². The molecule has 0 amide bonds. The number of halogens is 3. The van der Waals surface area contributed by atoms with Gasteiger partial charge in [-0.05, 0) is 24.1 Å². The summed E-state index contributed by atoms with van der Waals surface area (Å²) in [5.41, 5.74) is 0.886. The highest BCUT2D eigenvalue weighted by Crippen LogP contribution is 2.22. The molecule has 1 aromatic carbocycles. The molecule has 0 aliphatic rings. The first-order chi connectivity index (χ1) is 6.13. The lowest BCUT2D eigenvalue weighted by Crippen LogP contribution is -2.04. The molecule has 0 aromatic heterocycles. The van der Waals surface area contributed by atoms with E-state index in [0.717, 1.165) is 10.0 Å². The van der Waals surface area contributed by atoms with E-state index in [1.165, 1.54) is 0 Å². The van der Waals surface area contributed by atoms with E-state index < -0.39 is 5.38 Å². The van der Waals surface area contributed by atoms with Crippen molar-refractivity contribution in [1.82, 2.24) is 0 Å². The summed E-state index contributed by atoms with van der Waals surface area (Å²) in [6, 6.07) is 5.51.